The Morgan fingerprint density at radius 1 is 1.07 bits per heavy atom. The Kier molecular flexibility index (Phi) is 9.62. The van der Waals surface area contributed by atoms with Gasteiger partial charge < -0.3 is 31.1 Å². The van der Waals surface area contributed by atoms with Gasteiger partial charge in [-0.25, -0.2) is 18.2 Å². The Morgan fingerprint density at radius 3 is 2.40 bits per heavy atom. The van der Waals surface area contributed by atoms with Crippen LogP contribution in [0.25, 0.3) is 10.9 Å². The molecule has 10 nitrogen and oxygen atoms in total. The summed E-state index contributed by atoms with van der Waals surface area (Å²) < 4.78 is 62.3. The molecule has 0 aliphatic heterocycles. The van der Waals surface area contributed by atoms with Crippen molar-refractivity contribution in [2.75, 3.05) is 29.2 Å². The number of hydrogen-bond donors (Lipinski definition) is 5. The lowest BCUT2D eigenvalue weighted by Crippen LogP contribution is -2.32. The zero-order valence-electron chi connectivity index (χ0n) is 23.2. The molecular weight excluding hydrogens is 587 g/mol. The van der Waals surface area contributed by atoms with Crippen LogP contribution in [0.1, 0.15) is 40.2 Å². The first kappa shape index (κ1) is 31.8. The molecule has 0 saturated carbocycles. The number of benzene rings is 2. The molecule has 2 atom stereocenters. The van der Waals surface area contributed by atoms with Crippen LogP contribution >= 0.6 is 0 Å². The van der Waals surface area contributed by atoms with E-state index in [0.29, 0.717) is 41.1 Å². The topological polar surface area (TPSA) is 160 Å². The fourth-order valence-electron chi connectivity index (χ4n) is 4.67. The summed E-state index contributed by atoms with van der Waals surface area (Å²) in [5.74, 6) is -3.51. The van der Waals surface area contributed by atoms with Crippen LogP contribution in [0.2, 0.25) is 0 Å². The highest BCUT2D eigenvalue weighted by Crippen LogP contribution is 2.25. The van der Waals surface area contributed by atoms with Crippen molar-refractivity contribution >= 4 is 38.2 Å². The van der Waals surface area contributed by atoms with E-state index in [-0.39, 0.29) is 18.3 Å². The number of pyridine rings is 1. The number of aliphatic hydroxyl groups is 1. The Labute approximate surface area is 246 Å². The zero-order valence-corrected chi connectivity index (χ0v) is 24.0. The van der Waals surface area contributed by atoms with E-state index >= 15 is 0 Å². The molecule has 2 heterocycles. The Morgan fingerprint density at radius 2 is 1.77 bits per heavy atom. The van der Waals surface area contributed by atoms with Crippen LogP contribution in [0.3, 0.4) is 0 Å². The number of carboxylic acids is 1. The number of aromatic carboxylic acids is 1. The molecule has 0 saturated heterocycles. The summed E-state index contributed by atoms with van der Waals surface area (Å²) in [6, 6.07) is 17.0. The largest absolute Gasteiger partial charge is 0.477 e. The third-order valence-electron chi connectivity index (χ3n) is 6.75. The first-order valence-electron chi connectivity index (χ1n) is 13.3. The second-order valence-corrected chi connectivity index (χ2v) is 12.4. The number of halogens is 3. The molecule has 2 aromatic carbocycles. The number of hydrogen-bond acceptors (Lipinski definition) is 8. The van der Waals surface area contributed by atoms with Crippen molar-refractivity contribution in [3.63, 3.8) is 0 Å². The van der Waals surface area contributed by atoms with Crippen molar-refractivity contribution in [1.82, 2.24) is 14.9 Å². The van der Waals surface area contributed by atoms with Gasteiger partial charge in [0.2, 0.25) is 0 Å². The van der Waals surface area contributed by atoms with Gasteiger partial charge in [0.25, 0.3) is 0 Å². The monoisotopic (exact) mass is 619 g/mol. The number of nitrogens with two attached hydrogens (primary N) is 1. The third-order valence-corrected chi connectivity index (χ3v) is 8.11. The fraction of sp³-hybridized carbons (Fsp3) is 0.310. The maximum atomic E-state index is 12.4. The molecule has 0 aliphatic carbocycles. The van der Waals surface area contributed by atoms with Crippen molar-refractivity contribution in [2.45, 2.75) is 38.2 Å². The zero-order chi connectivity index (χ0) is 31.4. The molecule has 230 valence electrons. The quantitative estimate of drug-likeness (QED) is 0.149. The van der Waals surface area contributed by atoms with Gasteiger partial charge in [0.15, 0.2) is 9.84 Å². The van der Waals surface area contributed by atoms with E-state index in [4.69, 9.17) is 5.73 Å². The first-order valence-corrected chi connectivity index (χ1v) is 15.1. The van der Waals surface area contributed by atoms with E-state index in [2.05, 4.69) is 15.6 Å². The summed E-state index contributed by atoms with van der Waals surface area (Å²) >= 11 is 0. The van der Waals surface area contributed by atoms with Gasteiger partial charge in [-0.2, -0.15) is 13.2 Å². The summed E-state index contributed by atoms with van der Waals surface area (Å²) in [6.07, 6.45) is -3.41. The molecule has 0 radical (unpaired) electrons. The molecule has 0 fully saturated rings. The molecule has 0 spiro atoms. The van der Waals surface area contributed by atoms with Crippen LogP contribution in [0, 0.1) is 0 Å². The number of nitrogens with one attached hydrogen (secondary N) is 2. The van der Waals surface area contributed by atoms with E-state index < -0.39 is 39.7 Å². The number of alkyl halides is 3. The summed E-state index contributed by atoms with van der Waals surface area (Å²) in [7, 11) is -4.39. The van der Waals surface area contributed by atoms with Gasteiger partial charge in [-0.05, 0) is 60.9 Å². The molecule has 0 amide bonds. The maximum absolute atomic E-state index is 12.4. The van der Waals surface area contributed by atoms with E-state index in [1.54, 1.807) is 34.9 Å². The average molecular weight is 620 g/mol. The van der Waals surface area contributed by atoms with Crippen molar-refractivity contribution in [1.29, 1.82) is 0 Å². The standard InChI is InChI=1S/C29H32F3N5O5S/c1-18(34-14-26(38)21-5-9-27(33)35-13-21)10-20-4-8-24-22(11-20)12-25(28(39)40)37(24)15-19-2-6-23(7-3-19)36-17-43(41,42)16-29(30,31)32/h2-9,11-13,18,26,34,36,38H,10,14-17H2,1H3,(H2,33,35)(H,39,40). The number of anilines is 2. The van der Waals surface area contributed by atoms with Crippen molar-refractivity contribution in [3.05, 3.63) is 89.2 Å². The van der Waals surface area contributed by atoms with Crippen molar-refractivity contribution in [2.24, 2.45) is 0 Å². The number of carbonyl (C=O) groups is 1. The van der Waals surface area contributed by atoms with Gasteiger partial charge in [0.05, 0.1) is 6.10 Å². The molecular formula is C29H32F3N5O5S. The van der Waals surface area contributed by atoms with Crippen LogP contribution < -0.4 is 16.4 Å². The SMILES string of the molecule is CC(Cc1ccc2c(c1)cc(C(=O)O)n2Cc1ccc(NCS(=O)(=O)CC(F)(F)F)cc1)NCC(O)c1ccc(N)nc1. The number of aliphatic hydroxyl groups excluding tert-OH is 1. The highest BCUT2D eigenvalue weighted by molar-refractivity contribution is 7.91. The molecule has 2 aromatic heterocycles. The number of aromatic nitrogens is 2. The average Bonchev–Trinajstić information content (AvgIpc) is 3.28. The molecule has 4 rings (SSSR count). The predicted octanol–water partition coefficient (Wildman–Crippen LogP) is 3.97. The smallest absolute Gasteiger partial charge is 0.402 e. The van der Waals surface area contributed by atoms with E-state index in [1.165, 1.54) is 18.3 Å². The summed E-state index contributed by atoms with van der Waals surface area (Å²) in [5.41, 5.74) is 9.03. The molecule has 4 aromatic rings. The number of carboxylic acid groups (broad SMARTS) is 1. The molecule has 14 heteroatoms. The van der Waals surface area contributed by atoms with Gasteiger partial charge in [-0.15, -0.1) is 0 Å². The molecule has 43 heavy (non-hydrogen) atoms. The van der Waals surface area contributed by atoms with Crippen molar-refractivity contribution < 1.29 is 36.6 Å². The highest BCUT2D eigenvalue weighted by Gasteiger charge is 2.34. The van der Waals surface area contributed by atoms with E-state index in [1.807, 2.05) is 25.1 Å². The minimum absolute atomic E-state index is 0.00504. The van der Waals surface area contributed by atoms with Crippen LogP contribution in [0.5, 0.6) is 0 Å². The Balaban J connectivity index is 1.41. The summed E-state index contributed by atoms with van der Waals surface area (Å²) in [6.45, 7) is 2.50. The van der Waals surface area contributed by atoms with Gasteiger partial charge in [0, 0.05) is 47.5 Å². The van der Waals surface area contributed by atoms with Gasteiger partial charge >= 0.3 is 12.1 Å². The highest BCUT2D eigenvalue weighted by atomic mass is 32.2. The molecule has 0 aliphatic rings. The Bertz CT molecular complexity index is 1670. The van der Waals surface area contributed by atoms with Gasteiger partial charge in [0.1, 0.15) is 23.1 Å². The number of rotatable bonds is 13. The lowest BCUT2D eigenvalue weighted by atomic mass is 10.0. The molecule has 0 bridgehead atoms. The van der Waals surface area contributed by atoms with Gasteiger partial charge in [-0.1, -0.05) is 24.3 Å². The normalized spacial score (nSPS) is 13.6. The fourth-order valence-corrected chi connectivity index (χ4v) is 5.66. The second-order valence-electron chi connectivity index (χ2n) is 10.4. The number of sulfone groups is 1. The van der Waals surface area contributed by atoms with Crippen LogP contribution in [0.15, 0.2) is 66.9 Å². The number of nitrogens with zero attached hydrogens (tertiary/aromatic N) is 2. The predicted molar refractivity (Wildman–Crippen MR) is 158 cm³/mol. The van der Waals surface area contributed by atoms with Crippen LogP contribution in [-0.2, 0) is 22.8 Å². The van der Waals surface area contributed by atoms with E-state index in [9.17, 15) is 36.6 Å². The third kappa shape index (κ3) is 8.92. The van der Waals surface area contributed by atoms with Crippen LogP contribution in [0.4, 0.5) is 24.7 Å². The second kappa shape index (κ2) is 13.0. The van der Waals surface area contributed by atoms with E-state index in [0.717, 1.165) is 10.9 Å². The minimum Gasteiger partial charge on any atom is -0.477 e. The summed E-state index contributed by atoms with van der Waals surface area (Å²) in [5, 5.41) is 26.8. The lowest BCUT2D eigenvalue weighted by molar-refractivity contribution is -0.106. The first-order chi connectivity index (χ1) is 20.2. The Hall–Kier alpha value is -4.14. The summed E-state index contributed by atoms with van der Waals surface area (Å²) in [4.78, 5) is 16.0. The lowest BCUT2D eigenvalue weighted by Gasteiger charge is -2.17. The van der Waals surface area contributed by atoms with Gasteiger partial charge in [-0.3, -0.25) is 0 Å². The van der Waals surface area contributed by atoms with Crippen molar-refractivity contribution in [3.8, 4) is 0 Å². The molecule has 6 N–H and O–H groups in total. The molecule has 2 unspecified atom stereocenters. The maximum Gasteiger partial charge on any atom is 0.402 e. The number of fused-ring (bicyclic) bond motifs is 1. The number of nitrogen functional groups attached to an aromatic ring is 1. The minimum atomic E-state index is -4.82. The van der Waals surface area contributed by atoms with Crippen LogP contribution in [-0.4, -0.2) is 64.5 Å².